The Bertz CT molecular complexity index is 591. The maximum atomic E-state index is 13.3. The van der Waals surface area contributed by atoms with Crippen molar-refractivity contribution in [2.45, 2.75) is 39.2 Å². The molecule has 0 saturated carbocycles. The van der Waals surface area contributed by atoms with E-state index < -0.39 is 0 Å². The first-order valence-electron chi connectivity index (χ1n) is 9.06. The van der Waals surface area contributed by atoms with E-state index in [1.165, 1.54) is 6.42 Å². The summed E-state index contributed by atoms with van der Waals surface area (Å²) in [4.78, 5) is 29.3. The smallest absolute Gasteiger partial charge is 0.228 e. The van der Waals surface area contributed by atoms with Crippen LogP contribution in [0.3, 0.4) is 0 Å². The predicted octanol–water partition coefficient (Wildman–Crippen LogP) is 3.10. The monoisotopic (exact) mass is 328 g/mol. The van der Waals surface area contributed by atoms with Gasteiger partial charge in [0.1, 0.15) is 0 Å². The van der Waals surface area contributed by atoms with E-state index in [1.54, 1.807) is 4.90 Å². The summed E-state index contributed by atoms with van der Waals surface area (Å²) in [6.07, 6.45) is 2.31. The minimum absolute atomic E-state index is 0.132. The molecule has 2 aliphatic heterocycles. The number of likely N-dealkylation sites (tertiary alicyclic amines) is 2. The van der Waals surface area contributed by atoms with Gasteiger partial charge in [-0.2, -0.15) is 0 Å². The molecule has 0 N–H and O–H groups in total. The Morgan fingerprint density at radius 2 is 1.71 bits per heavy atom. The summed E-state index contributed by atoms with van der Waals surface area (Å²) < 4.78 is 0. The maximum absolute atomic E-state index is 13.3. The van der Waals surface area contributed by atoms with Crippen LogP contribution in [-0.4, -0.2) is 41.8 Å². The van der Waals surface area contributed by atoms with E-state index in [9.17, 15) is 9.59 Å². The molecule has 2 saturated heterocycles. The highest BCUT2D eigenvalue weighted by Crippen LogP contribution is 2.37. The standard InChI is InChI=1S/C20H28N2O2/c1-14-11-15(2)13-22(12-14)20(24)17-9-10-18(23)21(3)19(17)16-7-5-4-6-8-16/h4-8,14-15,17,19H,9-13H2,1-3H3/t14-,15+,17-,19-/m0/s1. The molecule has 4 atom stereocenters. The zero-order valence-corrected chi connectivity index (χ0v) is 14.9. The van der Waals surface area contributed by atoms with Gasteiger partial charge in [0.2, 0.25) is 11.8 Å². The lowest BCUT2D eigenvalue weighted by Gasteiger charge is -2.43. The second kappa shape index (κ2) is 6.96. The molecular weight excluding hydrogens is 300 g/mol. The largest absolute Gasteiger partial charge is 0.342 e. The molecule has 4 nitrogen and oxygen atoms in total. The molecule has 2 amide bonds. The topological polar surface area (TPSA) is 40.6 Å². The minimum atomic E-state index is -0.146. The molecular formula is C20H28N2O2. The van der Waals surface area contributed by atoms with E-state index in [-0.39, 0.29) is 23.8 Å². The second-order valence-corrected chi connectivity index (χ2v) is 7.69. The van der Waals surface area contributed by atoms with E-state index in [2.05, 4.69) is 13.8 Å². The Balaban J connectivity index is 1.86. The summed E-state index contributed by atoms with van der Waals surface area (Å²) in [7, 11) is 1.83. The third-order valence-corrected chi connectivity index (χ3v) is 5.50. The lowest BCUT2D eigenvalue weighted by molar-refractivity contribution is -0.148. The Kier molecular flexibility index (Phi) is 4.93. The molecule has 4 heteroatoms. The Hall–Kier alpha value is -1.84. The molecule has 0 unspecified atom stereocenters. The van der Waals surface area contributed by atoms with E-state index in [1.807, 2.05) is 42.3 Å². The first-order valence-corrected chi connectivity index (χ1v) is 9.06. The molecule has 130 valence electrons. The average molecular weight is 328 g/mol. The number of amides is 2. The van der Waals surface area contributed by atoms with Gasteiger partial charge in [0.25, 0.3) is 0 Å². The number of carbonyl (C=O) groups is 2. The van der Waals surface area contributed by atoms with Crippen molar-refractivity contribution < 1.29 is 9.59 Å². The van der Waals surface area contributed by atoms with E-state index in [0.717, 1.165) is 18.7 Å². The summed E-state index contributed by atoms with van der Waals surface area (Å²) in [5.41, 5.74) is 1.06. The summed E-state index contributed by atoms with van der Waals surface area (Å²) in [6, 6.07) is 9.85. The van der Waals surface area contributed by atoms with Crippen molar-refractivity contribution in [3.8, 4) is 0 Å². The van der Waals surface area contributed by atoms with Crippen LogP contribution in [0.5, 0.6) is 0 Å². The van der Waals surface area contributed by atoms with Crippen molar-refractivity contribution in [3.63, 3.8) is 0 Å². The van der Waals surface area contributed by atoms with Crippen molar-refractivity contribution >= 4 is 11.8 Å². The first-order chi connectivity index (χ1) is 11.5. The molecule has 2 aliphatic rings. The summed E-state index contributed by atoms with van der Waals surface area (Å²) >= 11 is 0. The molecule has 2 fully saturated rings. The molecule has 0 radical (unpaired) electrons. The van der Waals surface area contributed by atoms with Gasteiger partial charge in [-0.05, 0) is 30.2 Å². The van der Waals surface area contributed by atoms with Gasteiger partial charge in [-0.15, -0.1) is 0 Å². The van der Waals surface area contributed by atoms with Crippen LogP contribution >= 0.6 is 0 Å². The summed E-state index contributed by atoms with van der Waals surface area (Å²) in [5.74, 6) is 1.33. The highest BCUT2D eigenvalue weighted by molar-refractivity contribution is 5.85. The quantitative estimate of drug-likeness (QED) is 0.837. The van der Waals surface area contributed by atoms with E-state index >= 15 is 0 Å². The first kappa shape index (κ1) is 17.0. The normalized spacial score (nSPS) is 31.2. The van der Waals surface area contributed by atoms with Crippen LogP contribution in [0.4, 0.5) is 0 Å². The highest BCUT2D eigenvalue weighted by atomic mass is 16.2. The van der Waals surface area contributed by atoms with Crippen LogP contribution in [-0.2, 0) is 9.59 Å². The van der Waals surface area contributed by atoms with Gasteiger partial charge in [-0.1, -0.05) is 44.2 Å². The number of rotatable bonds is 2. The number of hydrogen-bond donors (Lipinski definition) is 0. The van der Waals surface area contributed by atoms with E-state index in [0.29, 0.717) is 24.7 Å². The Morgan fingerprint density at radius 3 is 2.33 bits per heavy atom. The SMILES string of the molecule is C[C@@H]1C[C@H](C)CN(C(=O)[C@H]2CCC(=O)N(C)[C@H]2c2ccccc2)C1. The molecule has 1 aromatic rings. The lowest BCUT2D eigenvalue weighted by Crippen LogP contribution is -2.50. The molecule has 0 aromatic heterocycles. The molecule has 0 aliphatic carbocycles. The zero-order valence-electron chi connectivity index (χ0n) is 14.9. The van der Waals surface area contributed by atoms with Gasteiger partial charge in [0.15, 0.2) is 0 Å². The maximum Gasteiger partial charge on any atom is 0.228 e. The zero-order chi connectivity index (χ0) is 17.3. The predicted molar refractivity (Wildman–Crippen MR) is 94.2 cm³/mol. The van der Waals surface area contributed by atoms with Gasteiger partial charge >= 0.3 is 0 Å². The fourth-order valence-electron chi connectivity index (χ4n) is 4.48. The Morgan fingerprint density at radius 1 is 1.08 bits per heavy atom. The Labute approximate surface area is 144 Å². The van der Waals surface area contributed by atoms with Gasteiger partial charge in [-0.25, -0.2) is 0 Å². The van der Waals surface area contributed by atoms with Crippen LogP contribution in [0.2, 0.25) is 0 Å². The van der Waals surface area contributed by atoms with Crippen molar-refractivity contribution in [3.05, 3.63) is 35.9 Å². The summed E-state index contributed by atoms with van der Waals surface area (Å²) in [6.45, 7) is 6.14. The number of carbonyl (C=O) groups excluding carboxylic acids is 2. The van der Waals surface area contributed by atoms with Crippen molar-refractivity contribution in [1.29, 1.82) is 0 Å². The molecule has 24 heavy (non-hydrogen) atoms. The molecule has 0 bridgehead atoms. The van der Waals surface area contributed by atoms with Crippen LogP contribution in [0.1, 0.15) is 44.7 Å². The molecule has 1 aromatic carbocycles. The van der Waals surface area contributed by atoms with E-state index in [4.69, 9.17) is 0 Å². The van der Waals surface area contributed by atoms with Crippen LogP contribution in [0.15, 0.2) is 30.3 Å². The number of piperidine rings is 2. The minimum Gasteiger partial charge on any atom is -0.342 e. The average Bonchev–Trinajstić information content (AvgIpc) is 2.56. The molecule has 0 spiro atoms. The summed E-state index contributed by atoms with van der Waals surface area (Å²) in [5, 5.41) is 0. The van der Waals surface area contributed by atoms with Crippen LogP contribution < -0.4 is 0 Å². The van der Waals surface area contributed by atoms with Crippen LogP contribution in [0, 0.1) is 17.8 Å². The second-order valence-electron chi connectivity index (χ2n) is 7.69. The molecule has 3 rings (SSSR count). The van der Waals surface area contributed by atoms with Crippen molar-refractivity contribution in [2.24, 2.45) is 17.8 Å². The fourth-order valence-corrected chi connectivity index (χ4v) is 4.48. The van der Waals surface area contributed by atoms with Crippen molar-refractivity contribution in [1.82, 2.24) is 9.80 Å². The number of hydrogen-bond acceptors (Lipinski definition) is 2. The number of benzene rings is 1. The highest BCUT2D eigenvalue weighted by Gasteiger charge is 2.41. The number of nitrogens with zero attached hydrogens (tertiary/aromatic N) is 2. The van der Waals surface area contributed by atoms with Gasteiger partial charge in [-0.3, -0.25) is 9.59 Å². The van der Waals surface area contributed by atoms with Crippen molar-refractivity contribution in [2.75, 3.05) is 20.1 Å². The lowest BCUT2D eigenvalue weighted by atomic mass is 9.82. The fraction of sp³-hybridized carbons (Fsp3) is 0.600. The van der Waals surface area contributed by atoms with Gasteiger partial charge in [0.05, 0.1) is 12.0 Å². The third kappa shape index (κ3) is 3.33. The van der Waals surface area contributed by atoms with Crippen LogP contribution in [0.25, 0.3) is 0 Å². The van der Waals surface area contributed by atoms with Gasteiger partial charge < -0.3 is 9.80 Å². The third-order valence-electron chi connectivity index (χ3n) is 5.50. The molecule has 2 heterocycles. The van der Waals surface area contributed by atoms with Gasteiger partial charge in [0, 0.05) is 26.6 Å².